The van der Waals surface area contributed by atoms with Crippen molar-refractivity contribution < 1.29 is 19.4 Å². The van der Waals surface area contributed by atoms with Crippen molar-refractivity contribution in [2.24, 2.45) is 0 Å². The topological polar surface area (TPSA) is 59.0 Å². The molecular formula is C16H25NO4. The van der Waals surface area contributed by atoms with E-state index >= 15 is 0 Å². The number of benzene rings is 1. The highest BCUT2D eigenvalue weighted by Crippen LogP contribution is 2.17. The molecule has 5 nitrogen and oxygen atoms in total. The second kappa shape index (κ2) is 10.2. The van der Waals surface area contributed by atoms with Gasteiger partial charge in [0.15, 0.2) is 0 Å². The van der Waals surface area contributed by atoms with Crippen LogP contribution in [-0.2, 0) is 4.79 Å². The smallest absolute Gasteiger partial charge is 0.325 e. The molecule has 5 heteroatoms. The second-order valence-electron chi connectivity index (χ2n) is 4.73. The largest absolute Gasteiger partial charge is 0.494 e. The Hall–Kier alpha value is -1.59. The summed E-state index contributed by atoms with van der Waals surface area (Å²) in [6, 6.07) is 6.97. The Kier molecular flexibility index (Phi) is 8.47. The molecule has 0 saturated heterocycles. The number of carbonyl (C=O) groups is 1. The lowest BCUT2D eigenvalue weighted by atomic mass is 10.3. The summed E-state index contributed by atoms with van der Waals surface area (Å²) in [4.78, 5) is 13.8. The fourth-order valence-electron chi connectivity index (χ4n) is 1.91. The minimum atomic E-state index is -0.316. The van der Waals surface area contributed by atoms with Gasteiger partial charge in [0.05, 0.1) is 19.8 Å². The summed E-state index contributed by atoms with van der Waals surface area (Å²) in [7, 11) is 0. The first kappa shape index (κ1) is 17.5. The zero-order valence-corrected chi connectivity index (χ0v) is 12.9. The Bertz CT molecular complexity index is 405. The third-order valence-corrected chi connectivity index (χ3v) is 2.96. The van der Waals surface area contributed by atoms with E-state index in [2.05, 4.69) is 6.92 Å². The molecule has 1 rings (SSSR count). The van der Waals surface area contributed by atoms with Crippen LogP contribution in [0.1, 0.15) is 26.7 Å². The monoisotopic (exact) mass is 295 g/mol. The van der Waals surface area contributed by atoms with Crippen molar-refractivity contribution in [3.8, 4) is 11.5 Å². The molecule has 0 saturated carbocycles. The number of rotatable bonds is 10. The number of esters is 1. The van der Waals surface area contributed by atoms with Gasteiger partial charge in [-0.05, 0) is 44.2 Å². The zero-order chi connectivity index (χ0) is 15.5. The summed E-state index contributed by atoms with van der Waals surface area (Å²) in [5, 5.41) is 9.01. The normalized spacial score (nSPS) is 10.7. The fraction of sp³-hybridized carbons (Fsp3) is 0.562. The standard InChI is InChI=1S/C16H25NO4/c1-3-5-10-17(11-12-18)13-16(19)21-15-8-6-14(7-9-15)20-4-2/h6-9,18H,3-5,10-13H2,1-2H3. The van der Waals surface area contributed by atoms with Crippen molar-refractivity contribution >= 4 is 5.97 Å². The number of ether oxygens (including phenoxy) is 2. The molecule has 0 aliphatic carbocycles. The van der Waals surface area contributed by atoms with Crippen molar-refractivity contribution in [2.45, 2.75) is 26.7 Å². The van der Waals surface area contributed by atoms with Crippen LogP contribution < -0.4 is 9.47 Å². The van der Waals surface area contributed by atoms with E-state index in [4.69, 9.17) is 14.6 Å². The summed E-state index contributed by atoms with van der Waals surface area (Å²) in [6.07, 6.45) is 2.05. The molecule has 0 aliphatic heterocycles. The molecule has 118 valence electrons. The number of aliphatic hydroxyl groups is 1. The van der Waals surface area contributed by atoms with Gasteiger partial charge in [0.2, 0.25) is 0 Å². The lowest BCUT2D eigenvalue weighted by molar-refractivity contribution is -0.135. The average molecular weight is 295 g/mol. The molecule has 0 aliphatic rings. The van der Waals surface area contributed by atoms with Crippen LogP contribution in [0.2, 0.25) is 0 Å². The van der Waals surface area contributed by atoms with Gasteiger partial charge in [-0.3, -0.25) is 9.69 Å². The van der Waals surface area contributed by atoms with Crippen molar-refractivity contribution in [1.82, 2.24) is 4.90 Å². The molecule has 0 amide bonds. The van der Waals surface area contributed by atoms with Crippen molar-refractivity contribution in [1.29, 1.82) is 0 Å². The number of hydrogen-bond donors (Lipinski definition) is 1. The summed E-state index contributed by atoms with van der Waals surface area (Å²) in [5.74, 6) is 0.939. The Morgan fingerprint density at radius 3 is 2.38 bits per heavy atom. The highest BCUT2D eigenvalue weighted by Gasteiger charge is 2.12. The van der Waals surface area contributed by atoms with E-state index in [0.717, 1.165) is 25.1 Å². The quantitative estimate of drug-likeness (QED) is 0.529. The van der Waals surface area contributed by atoms with Crippen LogP contribution in [0.5, 0.6) is 11.5 Å². The molecule has 0 aromatic heterocycles. The molecule has 0 radical (unpaired) electrons. The van der Waals surface area contributed by atoms with E-state index < -0.39 is 0 Å². The van der Waals surface area contributed by atoms with Gasteiger partial charge in [-0.1, -0.05) is 13.3 Å². The summed E-state index contributed by atoms with van der Waals surface area (Å²) < 4.78 is 10.6. The van der Waals surface area contributed by atoms with Crippen molar-refractivity contribution in [3.63, 3.8) is 0 Å². The second-order valence-corrected chi connectivity index (χ2v) is 4.73. The first-order valence-electron chi connectivity index (χ1n) is 7.46. The van der Waals surface area contributed by atoms with Gasteiger partial charge in [-0.2, -0.15) is 0 Å². The van der Waals surface area contributed by atoms with Gasteiger partial charge in [0.1, 0.15) is 11.5 Å². The minimum Gasteiger partial charge on any atom is -0.494 e. The van der Waals surface area contributed by atoms with Crippen LogP contribution in [0.25, 0.3) is 0 Å². The van der Waals surface area contributed by atoms with Crippen LogP contribution in [0, 0.1) is 0 Å². The number of aliphatic hydroxyl groups excluding tert-OH is 1. The maximum Gasteiger partial charge on any atom is 0.325 e. The molecule has 0 atom stereocenters. The van der Waals surface area contributed by atoms with Crippen molar-refractivity contribution in [3.05, 3.63) is 24.3 Å². The maximum absolute atomic E-state index is 11.9. The lowest BCUT2D eigenvalue weighted by Crippen LogP contribution is -2.35. The molecule has 1 aromatic rings. The van der Waals surface area contributed by atoms with Gasteiger partial charge in [-0.15, -0.1) is 0 Å². The molecule has 1 N–H and O–H groups in total. The van der Waals surface area contributed by atoms with Gasteiger partial charge < -0.3 is 14.6 Å². The number of unbranched alkanes of at least 4 members (excludes halogenated alkanes) is 1. The summed E-state index contributed by atoms with van der Waals surface area (Å²) >= 11 is 0. The van der Waals surface area contributed by atoms with E-state index in [1.807, 2.05) is 11.8 Å². The minimum absolute atomic E-state index is 0.0417. The van der Waals surface area contributed by atoms with Gasteiger partial charge in [-0.25, -0.2) is 0 Å². The van der Waals surface area contributed by atoms with Gasteiger partial charge >= 0.3 is 5.97 Å². The number of carbonyl (C=O) groups excluding carboxylic acids is 1. The van der Waals surface area contributed by atoms with E-state index in [1.54, 1.807) is 24.3 Å². The first-order valence-corrected chi connectivity index (χ1v) is 7.46. The van der Waals surface area contributed by atoms with E-state index in [9.17, 15) is 4.79 Å². The van der Waals surface area contributed by atoms with Crippen LogP contribution in [0.15, 0.2) is 24.3 Å². The molecular weight excluding hydrogens is 270 g/mol. The Morgan fingerprint density at radius 2 is 1.81 bits per heavy atom. The molecule has 1 aromatic carbocycles. The molecule has 0 unspecified atom stereocenters. The Labute approximate surface area is 126 Å². The predicted octanol–water partition coefficient (Wildman–Crippen LogP) is 2.09. The van der Waals surface area contributed by atoms with Crippen LogP contribution in [0.4, 0.5) is 0 Å². The van der Waals surface area contributed by atoms with Crippen LogP contribution in [-0.4, -0.2) is 48.8 Å². The van der Waals surface area contributed by atoms with Gasteiger partial charge in [0, 0.05) is 6.54 Å². The predicted molar refractivity (Wildman–Crippen MR) is 81.7 cm³/mol. The fourth-order valence-corrected chi connectivity index (χ4v) is 1.91. The first-order chi connectivity index (χ1) is 10.2. The Morgan fingerprint density at radius 1 is 1.14 bits per heavy atom. The van der Waals surface area contributed by atoms with E-state index in [1.165, 1.54) is 0 Å². The van der Waals surface area contributed by atoms with Crippen LogP contribution >= 0.6 is 0 Å². The molecule has 21 heavy (non-hydrogen) atoms. The maximum atomic E-state index is 11.9. The molecule has 0 fully saturated rings. The highest BCUT2D eigenvalue weighted by atomic mass is 16.5. The molecule has 0 bridgehead atoms. The highest BCUT2D eigenvalue weighted by molar-refractivity contribution is 5.74. The van der Waals surface area contributed by atoms with Crippen molar-refractivity contribution in [2.75, 3.05) is 32.8 Å². The van der Waals surface area contributed by atoms with Crippen LogP contribution in [0.3, 0.4) is 0 Å². The summed E-state index contributed by atoms with van der Waals surface area (Å²) in [6.45, 7) is 6.11. The third kappa shape index (κ3) is 7.11. The average Bonchev–Trinajstić information content (AvgIpc) is 2.47. The van der Waals surface area contributed by atoms with E-state index in [0.29, 0.717) is 18.9 Å². The SMILES string of the molecule is CCCCN(CCO)CC(=O)Oc1ccc(OCC)cc1. The number of hydrogen-bond acceptors (Lipinski definition) is 5. The van der Waals surface area contributed by atoms with E-state index in [-0.39, 0.29) is 19.1 Å². The Balaban J connectivity index is 2.46. The number of nitrogens with zero attached hydrogens (tertiary/aromatic N) is 1. The molecule has 0 heterocycles. The lowest BCUT2D eigenvalue weighted by Gasteiger charge is -2.19. The third-order valence-electron chi connectivity index (χ3n) is 2.96. The van der Waals surface area contributed by atoms with Gasteiger partial charge in [0.25, 0.3) is 0 Å². The zero-order valence-electron chi connectivity index (χ0n) is 12.9. The molecule has 0 spiro atoms. The summed E-state index contributed by atoms with van der Waals surface area (Å²) in [5.41, 5.74) is 0.